The van der Waals surface area contributed by atoms with Crippen molar-refractivity contribution >= 4 is 5.91 Å². The maximum absolute atomic E-state index is 12.3. The van der Waals surface area contributed by atoms with E-state index in [1.54, 1.807) is 10.9 Å². The predicted octanol–water partition coefficient (Wildman–Crippen LogP) is 2.95. The third-order valence-corrected chi connectivity index (χ3v) is 4.42. The summed E-state index contributed by atoms with van der Waals surface area (Å²) >= 11 is 0. The first-order valence-corrected chi connectivity index (χ1v) is 7.94. The number of hydrogen-bond donors (Lipinski definition) is 1. The number of amides is 1. The Morgan fingerprint density at radius 1 is 1.18 bits per heavy atom. The smallest absolute Gasteiger partial charge is 0.273 e. The van der Waals surface area contributed by atoms with Gasteiger partial charge in [0.05, 0.1) is 11.9 Å². The molecule has 1 aromatic heterocycles. The summed E-state index contributed by atoms with van der Waals surface area (Å²) in [6.45, 7) is 4.13. The second-order valence-electron chi connectivity index (χ2n) is 6.13. The predicted molar refractivity (Wildman–Crippen MR) is 85.2 cm³/mol. The number of carbonyl (C=O) groups is 1. The number of benzene rings is 1. The second kappa shape index (κ2) is 6.30. The van der Waals surface area contributed by atoms with Gasteiger partial charge in [0.2, 0.25) is 0 Å². The average Bonchev–Trinajstić information content (AvgIpc) is 3.01. The van der Waals surface area contributed by atoms with Gasteiger partial charge < -0.3 is 5.32 Å². The number of rotatable bonds is 3. The molecular weight excluding hydrogens is 276 g/mol. The van der Waals surface area contributed by atoms with Crippen LogP contribution in [0, 0.1) is 13.8 Å². The maximum Gasteiger partial charge on any atom is 0.273 e. The molecule has 5 nitrogen and oxygen atoms in total. The highest BCUT2D eigenvalue weighted by Crippen LogP contribution is 2.18. The molecule has 0 radical (unpaired) electrons. The van der Waals surface area contributed by atoms with Gasteiger partial charge in [0.15, 0.2) is 5.69 Å². The molecule has 0 aliphatic heterocycles. The van der Waals surface area contributed by atoms with E-state index in [4.69, 9.17) is 0 Å². The molecule has 1 aromatic carbocycles. The lowest BCUT2D eigenvalue weighted by atomic mass is 9.95. The first-order chi connectivity index (χ1) is 10.6. The van der Waals surface area contributed by atoms with Crippen LogP contribution in [-0.4, -0.2) is 26.9 Å². The molecule has 0 bridgehead atoms. The first kappa shape index (κ1) is 14.8. The Labute approximate surface area is 130 Å². The summed E-state index contributed by atoms with van der Waals surface area (Å²) in [6.07, 6.45) is 7.49. The SMILES string of the molecule is Cc1ccc(-n2cc(C(=O)NC3CCCCC3)nn2)cc1C. The topological polar surface area (TPSA) is 59.8 Å². The lowest BCUT2D eigenvalue weighted by Gasteiger charge is -2.22. The minimum atomic E-state index is -0.123. The normalized spacial score (nSPS) is 15.7. The van der Waals surface area contributed by atoms with Crippen LogP contribution in [0.2, 0.25) is 0 Å². The van der Waals surface area contributed by atoms with E-state index in [9.17, 15) is 4.79 Å². The van der Waals surface area contributed by atoms with Crippen molar-refractivity contribution in [3.8, 4) is 5.69 Å². The van der Waals surface area contributed by atoms with Crippen LogP contribution in [0.1, 0.15) is 53.7 Å². The van der Waals surface area contributed by atoms with Crippen LogP contribution in [0.4, 0.5) is 0 Å². The van der Waals surface area contributed by atoms with E-state index in [2.05, 4.69) is 29.5 Å². The Kier molecular flexibility index (Phi) is 4.22. The molecule has 1 aliphatic rings. The highest BCUT2D eigenvalue weighted by Gasteiger charge is 2.18. The minimum absolute atomic E-state index is 0.123. The first-order valence-electron chi connectivity index (χ1n) is 7.94. The summed E-state index contributed by atoms with van der Waals surface area (Å²) in [5.41, 5.74) is 3.73. The minimum Gasteiger partial charge on any atom is -0.348 e. The number of aromatic nitrogens is 3. The van der Waals surface area contributed by atoms with Crippen molar-refractivity contribution < 1.29 is 4.79 Å². The van der Waals surface area contributed by atoms with Crippen molar-refractivity contribution in [1.82, 2.24) is 20.3 Å². The number of carbonyl (C=O) groups excluding carboxylic acids is 1. The largest absolute Gasteiger partial charge is 0.348 e. The fraction of sp³-hybridized carbons (Fsp3) is 0.471. The fourth-order valence-electron chi connectivity index (χ4n) is 2.87. The summed E-state index contributed by atoms with van der Waals surface area (Å²) in [7, 11) is 0. The lowest BCUT2D eigenvalue weighted by Crippen LogP contribution is -2.36. The number of nitrogens with one attached hydrogen (secondary N) is 1. The Hall–Kier alpha value is -2.17. The van der Waals surface area contributed by atoms with Crippen molar-refractivity contribution in [2.45, 2.75) is 52.0 Å². The van der Waals surface area contributed by atoms with Crippen molar-refractivity contribution in [2.24, 2.45) is 0 Å². The summed E-state index contributed by atoms with van der Waals surface area (Å²) in [6, 6.07) is 6.37. The van der Waals surface area contributed by atoms with Gasteiger partial charge in [-0.3, -0.25) is 4.79 Å². The average molecular weight is 298 g/mol. The van der Waals surface area contributed by atoms with Gasteiger partial charge in [-0.2, -0.15) is 0 Å². The summed E-state index contributed by atoms with van der Waals surface area (Å²) in [5.74, 6) is -0.123. The summed E-state index contributed by atoms with van der Waals surface area (Å²) < 4.78 is 1.65. The molecule has 1 amide bonds. The Bertz CT molecular complexity index is 671. The van der Waals surface area contributed by atoms with Crippen molar-refractivity contribution in [3.63, 3.8) is 0 Å². The van der Waals surface area contributed by atoms with E-state index in [0.29, 0.717) is 5.69 Å². The Balaban J connectivity index is 1.72. The molecule has 22 heavy (non-hydrogen) atoms. The zero-order valence-corrected chi connectivity index (χ0v) is 13.2. The molecule has 1 saturated carbocycles. The quantitative estimate of drug-likeness (QED) is 0.947. The van der Waals surface area contributed by atoms with E-state index in [1.165, 1.54) is 30.4 Å². The van der Waals surface area contributed by atoms with E-state index in [0.717, 1.165) is 18.5 Å². The molecule has 116 valence electrons. The maximum atomic E-state index is 12.3. The number of hydrogen-bond acceptors (Lipinski definition) is 3. The van der Waals surface area contributed by atoms with E-state index >= 15 is 0 Å². The van der Waals surface area contributed by atoms with Crippen LogP contribution in [0.3, 0.4) is 0 Å². The van der Waals surface area contributed by atoms with Crippen LogP contribution in [0.5, 0.6) is 0 Å². The molecule has 0 atom stereocenters. The van der Waals surface area contributed by atoms with Gasteiger partial charge in [-0.05, 0) is 49.9 Å². The van der Waals surface area contributed by atoms with Gasteiger partial charge in [-0.1, -0.05) is 30.5 Å². The van der Waals surface area contributed by atoms with Gasteiger partial charge >= 0.3 is 0 Å². The van der Waals surface area contributed by atoms with Crippen molar-refractivity contribution in [1.29, 1.82) is 0 Å². The van der Waals surface area contributed by atoms with Gasteiger partial charge in [0.25, 0.3) is 5.91 Å². The third kappa shape index (κ3) is 3.18. The summed E-state index contributed by atoms with van der Waals surface area (Å²) in [5, 5.41) is 11.2. The van der Waals surface area contributed by atoms with Gasteiger partial charge in [0, 0.05) is 6.04 Å². The fourth-order valence-corrected chi connectivity index (χ4v) is 2.87. The Morgan fingerprint density at radius 2 is 1.95 bits per heavy atom. The van der Waals surface area contributed by atoms with Gasteiger partial charge in [-0.15, -0.1) is 5.10 Å². The molecule has 2 aromatic rings. The molecular formula is C17H22N4O. The number of nitrogens with zero attached hydrogens (tertiary/aromatic N) is 3. The molecule has 0 saturated heterocycles. The molecule has 1 heterocycles. The third-order valence-electron chi connectivity index (χ3n) is 4.42. The highest BCUT2D eigenvalue weighted by molar-refractivity contribution is 5.92. The van der Waals surface area contributed by atoms with Gasteiger partial charge in [0.1, 0.15) is 0 Å². The monoisotopic (exact) mass is 298 g/mol. The van der Waals surface area contributed by atoms with E-state index in [-0.39, 0.29) is 11.9 Å². The molecule has 3 rings (SSSR count). The van der Waals surface area contributed by atoms with Crippen LogP contribution in [-0.2, 0) is 0 Å². The van der Waals surface area contributed by atoms with Crippen LogP contribution >= 0.6 is 0 Å². The molecule has 1 N–H and O–H groups in total. The van der Waals surface area contributed by atoms with Crippen molar-refractivity contribution in [3.05, 3.63) is 41.2 Å². The van der Waals surface area contributed by atoms with Crippen LogP contribution in [0.15, 0.2) is 24.4 Å². The molecule has 1 aliphatic carbocycles. The van der Waals surface area contributed by atoms with Crippen LogP contribution < -0.4 is 5.32 Å². The molecule has 1 fully saturated rings. The highest BCUT2D eigenvalue weighted by atomic mass is 16.2. The Morgan fingerprint density at radius 3 is 2.68 bits per heavy atom. The zero-order valence-electron chi connectivity index (χ0n) is 13.2. The summed E-state index contributed by atoms with van der Waals surface area (Å²) in [4.78, 5) is 12.3. The molecule has 0 spiro atoms. The van der Waals surface area contributed by atoms with Crippen molar-refractivity contribution in [2.75, 3.05) is 0 Å². The lowest BCUT2D eigenvalue weighted by molar-refractivity contribution is 0.0922. The zero-order chi connectivity index (χ0) is 15.5. The van der Waals surface area contributed by atoms with E-state index in [1.807, 2.05) is 18.2 Å². The molecule has 5 heteroatoms. The van der Waals surface area contributed by atoms with Gasteiger partial charge in [-0.25, -0.2) is 4.68 Å². The van der Waals surface area contributed by atoms with E-state index < -0.39 is 0 Å². The second-order valence-corrected chi connectivity index (χ2v) is 6.13. The number of aryl methyl sites for hydroxylation is 2. The van der Waals surface area contributed by atoms with Crippen LogP contribution in [0.25, 0.3) is 5.69 Å². The standard InChI is InChI=1S/C17H22N4O/c1-12-8-9-15(10-13(12)2)21-11-16(19-20-21)17(22)18-14-6-4-3-5-7-14/h8-11,14H,3-7H2,1-2H3,(H,18,22). The molecule has 0 unspecified atom stereocenters.